The molecule has 7 nitrogen and oxygen atoms in total. The zero-order valence-electron chi connectivity index (χ0n) is 12.3. The number of hydrogen-bond acceptors (Lipinski definition) is 3. The number of rotatable bonds is 4. The van der Waals surface area contributed by atoms with Gasteiger partial charge in [-0.15, -0.1) is 0 Å². The Bertz CT molecular complexity index is 386. The summed E-state index contributed by atoms with van der Waals surface area (Å²) in [4.78, 5) is 38.0. The second kappa shape index (κ2) is 7.12. The fourth-order valence-electron chi connectivity index (χ4n) is 2.07. The van der Waals surface area contributed by atoms with Crippen molar-refractivity contribution in [3.8, 4) is 0 Å². The van der Waals surface area contributed by atoms with E-state index in [1.807, 2.05) is 6.92 Å². The molecule has 2 N–H and O–H groups in total. The van der Waals surface area contributed by atoms with Crippen molar-refractivity contribution in [2.75, 3.05) is 26.7 Å². The third-order valence-electron chi connectivity index (χ3n) is 3.72. The predicted octanol–water partition coefficient (Wildman–Crippen LogP) is 0.359. The molecule has 0 aromatic heterocycles. The molecule has 2 atom stereocenters. The third-order valence-corrected chi connectivity index (χ3v) is 3.72. The first-order chi connectivity index (χ1) is 9.36. The number of urea groups is 1. The standard InChI is InChI=1S/C13H23N3O4/c1-4-9(2)11(12(18)19)14-13(20)16-7-5-6-15(3)10(17)8-16/h9,11H,4-8H2,1-3H3,(H,14,20)(H,18,19)/t9?,11-/m0/s1. The molecule has 0 aromatic rings. The van der Waals surface area contributed by atoms with Crippen LogP contribution in [0.5, 0.6) is 0 Å². The molecule has 0 radical (unpaired) electrons. The summed E-state index contributed by atoms with van der Waals surface area (Å²) >= 11 is 0. The third kappa shape index (κ3) is 4.11. The minimum Gasteiger partial charge on any atom is -0.480 e. The molecule has 1 fully saturated rings. The fourth-order valence-corrected chi connectivity index (χ4v) is 2.07. The topological polar surface area (TPSA) is 90.0 Å². The van der Waals surface area contributed by atoms with Gasteiger partial charge in [0.25, 0.3) is 0 Å². The van der Waals surface area contributed by atoms with Crippen LogP contribution in [-0.2, 0) is 9.59 Å². The van der Waals surface area contributed by atoms with Gasteiger partial charge in [-0.1, -0.05) is 20.3 Å². The van der Waals surface area contributed by atoms with Crippen molar-refractivity contribution in [1.29, 1.82) is 0 Å². The van der Waals surface area contributed by atoms with Gasteiger partial charge in [0.2, 0.25) is 5.91 Å². The molecule has 3 amide bonds. The maximum absolute atomic E-state index is 12.1. The zero-order chi connectivity index (χ0) is 15.3. The van der Waals surface area contributed by atoms with Crippen LogP contribution in [0.4, 0.5) is 4.79 Å². The quantitative estimate of drug-likeness (QED) is 0.780. The summed E-state index contributed by atoms with van der Waals surface area (Å²) in [7, 11) is 1.70. The molecule has 20 heavy (non-hydrogen) atoms. The number of aliphatic carboxylic acids is 1. The number of carbonyl (C=O) groups is 3. The smallest absolute Gasteiger partial charge is 0.326 e. The Labute approximate surface area is 118 Å². The molecule has 0 aromatic carbocycles. The van der Waals surface area contributed by atoms with Crippen molar-refractivity contribution in [2.24, 2.45) is 5.92 Å². The molecular weight excluding hydrogens is 262 g/mol. The van der Waals surface area contributed by atoms with E-state index in [-0.39, 0.29) is 18.4 Å². The van der Waals surface area contributed by atoms with Gasteiger partial charge in [0, 0.05) is 20.1 Å². The summed E-state index contributed by atoms with van der Waals surface area (Å²) in [5.41, 5.74) is 0. The number of nitrogens with one attached hydrogen (secondary N) is 1. The van der Waals surface area contributed by atoms with E-state index in [0.29, 0.717) is 25.9 Å². The van der Waals surface area contributed by atoms with E-state index in [4.69, 9.17) is 5.11 Å². The van der Waals surface area contributed by atoms with Gasteiger partial charge in [-0.25, -0.2) is 9.59 Å². The van der Waals surface area contributed by atoms with Crippen LogP contribution in [0.2, 0.25) is 0 Å². The van der Waals surface area contributed by atoms with Gasteiger partial charge < -0.3 is 20.2 Å². The van der Waals surface area contributed by atoms with Crippen molar-refractivity contribution in [3.63, 3.8) is 0 Å². The van der Waals surface area contributed by atoms with Crippen LogP contribution in [0.15, 0.2) is 0 Å². The van der Waals surface area contributed by atoms with Crippen LogP contribution in [0, 0.1) is 5.92 Å². The number of likely N-dealkylation sites (N-methyl/N-ethyl adjacent to an activating group) is 1. The summed E-state index contributed by atoms with van der Waals surface area (Å²) in [6, 6.07) is -1.41. The van der Waals surface area contributed by atoms with E-state index >= 15 is 0 Å². The molecule has 0 saturated carbocycles. The highest BCUT2D eigenvalue weighted by Crippen LogP contribution is 2.09. The molecule has 1 rings (SSSR count). The fraction of sp³-hybridized carbons (Fsp3) is 0.769. The first-order valence-corrected chi connectivity index (χ1v) is 6.89. The molecule has 0 spiro atoms. The molecule has 1 aliphatic heterocycles. The van der Waals surface area contributed by atoms with Crippen molar-refractivity contribution in [1.82, 2.24) is 15.1 Å². The van der Waals surface area contributed by atoms with Crippen LogP contribution >= 0.6 is 0 Å². The Morgan fingerprint density at radius 2 is 2.05 bits per heavy atom. The normalized spacial score (nSPS) is 19.2. The lowest BCUT2D eigenvalue weighted by atomic mass is 9.99. The van der Waals surface area contributed by atoms with Gasteiger partial charge in [0.05, 0.1) is 0 Å². The number of carboxylic acids is 1. The van der Waals surface area contributed by atoms with E-state index in [1.165, 1.54) is 4.90 Å². The van der Waals surface area contributed by atoms with Crippen LogP contribution in [-0.4, -0.2) is 65.5 Å². The van der Waals surface area contributed by atoms with E-state index in [1.54, 1.807) is 18.9 Å². The van der Waals surface area contributed by atoms with Gasteiger partial charge in [-0.2, -0.15) is 0 Å². The van der Waals surface area contributed by atoms with Crippen LogP contribution < -0.4 is 5.32 Å². The molecule has 7 heteroatoms. The Morgan fingerprint density at radius 3 is 2.60 bits per heavy atom. The number of nitrogens with zero attached hydrogens (tertiary/aromatic N) is 2. The highest BCUT2D eigenvalue weighted by atomic mass is 16.4. The molecule has 0 bridgehead atoms. The van der Waals surface area contributed by atoms with Crippen molar-refractivity contribution in [3.05, 3.63) is 0 Å². The maximum atomic E-state index is 12.1. The molecule has 1 heterocycles. The average Bonchev–Trinajstić information content (AvgIpc) is 2.57. The molecule has 1 aliphatic rings. The second-order valence-corrected chi connectivity index (χ2v) is 5.24. The van der Waals surface area contributed by atoms with Gasteiger partial charge >= 0.3 is 12.0 Å². The zero-order valence-corrected chi connectivity index (χ0v) is 12.3. The lowest BCUT2D eigenvalue weighted by molar-refractivity contribution is -0.140. The highest BCUT2D eigenvalue weighted by molar-refractivity contribution is 5.87. The highest BCUT2D eigenvalue weighted by Gasteiger charge is 2.29. The number of amides is 3. The summed E-state index contributed by atoms with van der Waals surface area (Å²) in [6.07, 6.45) is 1.34. The van der Waals surface area contributed by atoms with Crippen molar-refractivity contribution in [2.45, 2.75) is 32.7 Å². The Hall–Kier alpha value is -1.79. The summed E-state index contributed by atoms with van der Waals surface area (Å²) in [5.74, 6) is -1.35. The van der Waals surface area contributed by atoms with Crippen molar-refractivity contribution >= 4 is 17.9 Å². The number of carbonyl (C=O) groups excluding carboxylic acids is 2. The monoisotopic (exact) mass is 285 g/mol. The first-order valence-electron chi connectivity index (χ1n) is 6.89. The lowest BCUT2D eigenvalue weighted by Crippen LogP contribution is -2.51. The van der Waals surface area contributed by atoms with Crippen LogP contribution in [0.3, 0.4) is 0 Å². The van der Waals surface area contributed by atoms with E-state index in [2.05, 4.69) is 5.32 Å². The average molecular weight is 285 g/mol. The van der Waals surface area contributed by atoms with Gasteiger partial charge in [0.15, 0.2) is 0 Å². The minimum absolute atomic E-state index is 0.00478. The minimum atomic E-state index is -1.05. The Morgan fingerprint density at radius 1 is 1.40 bits per heavy atom. The second-order valence-electron chi connectivity index (χ2n) is 5.24. The molecule has 1 unspecified atom stereocenters. The Kier molecular flexibility index (Phi) is 5.79. The van der Waals surface area contributed by atoms with Gasteiger partial charge in [0.1, 0.15) is 12.6 Å². The van der Waals surface area contributed by atoms with Gasteiger partial charge in [-0.3, -0.25) is 4.79 Å². The largest absolute Gasteiger partial charge is 0.480 e. The summed E-state index contributed by atoms with van der Waals surface area (Å²) in [6.45, 7) is 4.71. The van der Waals surface area contributed by atoms with E-state index in [9.17, 15) is 14.4 Å². The van der Waals surface area contributed by atoms with E-state index in [0.717, 1.165) is 0 Å². The van der Waals surface area contributed by atoms with Crippen molar-refractivity contribution < 1.29 is 19.5 Å². The maximum Gasteiger partial charge on any atom is 0.326 e. The SMILES string of the molecule is CCC(C)[C@H](NC(=O)N1CCCN(C)C(=O)C1)C(=O)O. The van der Waals surface area contributed by atoms with Gasteiger partial charge in [-0.05, 0) is 12.3 Å². The molecule has 114 valence electrons. The van der Waals surface area contributed by atoms with Crippen LogP contribution in [0.1, 0.15) is 26.7 Å². The molecule has 0 aliphatic carbocycles. The summed E-state index contributed by atoms with van der Waals surface area (Å²) in [5, 5.41) is 11.7. The predicted molar refractivity (Wildman–Crippen MR) is 73.2 cm³/mol. The summed E-state index contributed by atoms with van der Waals surface area (Å²) < 4.78 is 0. The molecular formula is C13H23N3O4. The number of hydrogen-bond donors (Lipinski definition) is 2. The Balaban J connectivity index is 2.68. The molecule has 1 saturated heterocycles. The first kappa shape index (κ1) is 16.3. The van der Waals surface area contributed by atoms with Crippen LogP contribution in [0.25, 0.3) is 0 Å². The lowest BCUT2D eigenvalue weighted by Gasteiger charge is -2.25. The van der Waals surface area contributed by atoms with E-state index < -0.39 is 18.0 Å². The number of carboxylic acid groups (broad SMARTS) is 1.